The summed E-state index contributed by atoms with van der Waals surface area (Å²) in [5.41, 5.74) is 2.71. The van der Waals surface area contributed by atoms with E-state index in [1.165, 1.54) is 5.56 Å². The van der Waals surface area contributed by atoms with Crippen LogP contribution in [0.5, 0.6) is 0 Å². The van der Waals surface area contributed by atoms with Crippen molar-refractivity contribution in [2.75, 3.05) is 0 Å². The molecule has 0 saturated heterocycles. The Balaban J connectivity index is 2.52. The normalized spacial score (nSPS) is 10.7. The molecule has 0 N–H and O–H groups in total. The van der Waals surface area contributed by atoms with Gasteiger partial charge >= 0.3 is 0 Å². The van der Waals surface area contributed by atoms with Crippen molar-refractivity contribution in [1.29, 1.82) is 0 Å². The van der Waals surface area contributed by atoms with Crippen LogP contribution >= 0.6 is 50.5 Å². The lowest BCUT2D eigenvalue weighted by atomic mass is 9.91. The van der Waals surface area contributed by atoms with Crippen molar-refractivity contribution in [1.82, 2.24) is 0 Å². The van der Waals surface area contributed by atoms with Gasteiger partial charge in [-0.15, -0.1) is 50.5 Å². The van der Waals surface area contributed by atoms with E-state index in [9.17, 15) is 0 Å². The lowest BCUT2D eigenvalue weighted by Gasteiger charge is -2.16. The van der Waals surface area contributed by atoms with E-state index in [2.05, 4.69) is 62.6 Å². The summed E-state index contributed by atoms with van der Waals surface area (Å²) < 4.78 is 0. The number of hydrogen-bond donors (Lipinski definition) is 4. The number of benzene rings is 2. The summed E-state index contributed by atoms with van der Waals surface area (Å²) in [6.45, 7) is 0. The molecule has 0 amide bonds. The van der Waals surface area contributed by atoms with Gasteiger partial charge in [0.05, 0.1) is 0 Å². The Morgan fingerprint density at radius 2 is 1.39 bits per heavy atom. The van der Waals surface area contributed by atoms with Crippen molar-refractivity contribution in [3.63, 3.8) is 0 Å². The van der Waals surface area contributed by atoms with E-state index in [4.69, 9.17) is 7.85 Å². The molecule has 0 aromatic heterocycles. The number of hydrogen-bond acceptors (Lipinski definition) is 4. The van der Waals surface area contributed by atoms with Gasteiger partial charge in [0.1, 0.15) is 7.85 Å². The number of rotatable bonds is 2. The average molecular weight is 306 g/mol. The SMILES string of the molecule is [B]c1c(S)c(S)c(S)c(Cc2ccccc2)c1S. The fraction of sp³-hybridized carbons (Fsp3) is 0.0769. The van der Waals surface area contributed by atoms with Crippen LogP contribution in [-0.2, 0) is 6.42 Å². The van der Waals surface area contributed by atoms with E-state index in [0.717, 1.165) is 21.8 Å². The fourth-order valence-electron chi connectivity index (χ4n) is 1.74. The van der Waals surface area contributed by atoms with E-state index in [-0.39, 0.29) is 0 Å². The van der Waals surface area contributed by atoms with Gasteiger partial charge in [0, 0.05) is 19.6 Å². The van der Waals surface area contributed by atoms with Crippen LogP contribution in [0.2, 0.25) is 0 Å². The molecule has 0 spiro atoms. The van der Waals surface area contributed by atoms with Gasteiger partial charge in [-0.05, 0) is 17.5 Å². The first-order chi connectivity index (χ1) is 8.52. The van der Waals surface area contributed by atoms with Crippen LogP contribution in [-0.4, -0.2) is 7.85 Å². The molecule has 0 saturated carbocycles. The maximum absolute atomic E-state index is 5.97. The summed E-state index contributed by atoms with van der Waals surface area (Å²) >= 11 is 17.7. The van der Waals surface area contributed by atoms with Gasteiger partial charge in [0.15, 0.2) is 0 Å². The molecule has 2 radical (unpaired) electrons. The third-order valence-corrected chi connectivity index (χ3v) is 5.02. The minimum Gasteiger partial charge on any atom is -0.144 e. The van der Waals surface area contributed by atoms with Gasteiger partial charge in [-0.2, -0.15) is 0 Å². The second-order valence-corrected chi connectivity index (χ2v) is 5.74. The minimum absolute atomic E-state index is 0.551. The zero-order valence-electron chi connectivity index (χ0n) is 9.46. The number of thiol groups is 4. The standard InChI is InChI=1S/C13H11BS4/c14-9-10(15)8(11(16)13(18)12(9)17)6-7-4-2-1-3-5-7/h1-5,15-18H,6H2. The van der Waals surface area contributed by atoms with E-state index in [1.807, 2.05) is 18.2 Å². The highest BCUT2D eigenvalue weighted by molar-refractivity contribution is 7.85. The van der Waals surface area contributed by atoms with E-state index in [1.54, 1.807) is 0 Å². The molecule has 18 heavy (non-hydrogen) atoms. The monoisotopic (exact) mass is 306 g/mol. The predicted octanol–water partition coefficient (Wildman–Crippen LogP) is 3.23. The lowest BCUT2D eigenvalue weighted by molar-refractivity contribution is 0.993. The van der Waals surface area contributed by atoms with Crippen LogP contribution in [0.3, 0.4) is 0 Å². The molecule has 0 fully saturated rings. The molecule has 2 aromatic rings. The van der Waals surface area contributed by atoms with Gasteiger partial charge in [0.25, 0.3) is 0 Å². The Kier molecular flexibility index (Phi) is 4.70. The molecule has 0 nitrogen and oxygen atoms in total. The second kappa shape index (κ2) is 5.91. The zero-order valence-corrected chi connectivity index (χ0v) is 13.0. The molecular weight excluding hydrogens is 295 g/mol. The maximum atomic E-state index is 5.97. The van der Waals surface area contributed by atoms with Gasteiger partial charge in [-0.25, -0.2) is 0 Å². The highest BCUT2D eigenvalue weighted by atomic mass is 32.1. The van der Waals surface area contributed by atoms with Gasteiger partial charge in [0.2, 0.25) is 0 Å². The molecule has 0 unspecified atom stereocenters. The van der Waals surface area contributed by atoms with Crippen molar-refractivity contribution < 1.29 is 0 Å². The van der Waals surface area contributed by atoms with Crippen molar-refractivity contribution in [3.05, 3.63) is 41.5 Å². The molecule has 90 valence electrons. The largest absolute Gasteiger partial charge is 0.144 e. The first kappa shape index (κ1) is 14.3. The Hall–Kier alpha value is -0.0951. The fourth-order valence-corrected chi connectivity index (χ4v) is 3.09. The Labute approximate surface area is 131 Å². The smallest absolute Gasteiger partial charge is 0.116 e. The van der Waals surface area contributed by atoms with Crippen molar-refractivity contribution in [2.24, 2.45) is 0 Å². The first-order valence-electron chi connectivity index (χ1n) is 5.30. The summed E-state index contributed by atoms with van der Waals surface area (Å²) in [4.78, 5) is 2.84. The quantitative estimate of drug-likeness (QED) is 0.475. The van der Waals surface area contributed by atoms with Crippen molar-refractivity contribution in [2.45, 2.75) is 26.0 Å². The summed E-state index contributed by atoms with van der Waals surface area (Å²) in [5.74, 6) is 0. The van der Waals surface area contributed by atoms with Crippen molar-refractivity contribution >= 4 is 63.8 Å². The third kappa shape index (κ3) is 2.74. The average Bonchev–Trinajstić information content (AvgIpc) is 2.40. The van der Waals surface area contributed by atoms with Gasteiger partial charge < -0.3 is 0 Å². The molecule has 0 aliphatic heterocycles. The third-order valence-electron chi connectivity index (χ3n) is 2.75. The van der Waals surface area contributed by atoms with E-state index >= 15 is 0 Å². The second-order valence-electron chi connectivity index (χ2n) is 3.95. The van der Waals surface area contributed by atoms with E-state index < -0.39 is 0 Å². The predicted molar refractivity (Wildman–Crippen MR) is 90.1 cm³/mol. The molecule has 0 heterocycles. The molecule has 0 aliphatic carbocycles. The van der Waals surface area contributed by atoms with Gasteiger partial charge in [-0.1, -0.05) is 35.8 Å². The Morgan fingerprint density at radius 1 is 0.778 bits per heavy atom. The summed E-state index contributed by atoms with van der Waals surface area (Å²) in [6.07, 6.45) is 0.727. The van der Waals surface area contributed by atoms with E-state index in [0.29, 0.717) is 15.3 Å². The van der Waals surface area contributed by atoms with Crippen LogP contribution in [0.25, 0.3) is 0 Å². The maximum Gasteiger partial charge on any atom is 0.116 e. The van der Waals surface area contributed by atoms with Crippen LogP contribution in [0.4, 0.5) is 0 Å². The highest BCUT2D eigenvalue weighted by Crippen LogP contribution is 2.32. The molecule has 5 heteroatoms. The minimum atomic E-state index is 0.551. The molecule has 0 atom stereocenters. The summed E-state index contributed by atoms with van der Waals surface area (Å²) in [5, 5.41) is 0. The highest BCUT2D eigenvalue weighted by Gasteiger charge is 2.14. The molecule has 2 aromatic carbocycles. The first-order valence-corrected chi connectivity index (χ1v) is 7.09. The lowest BCUT2D eigenvalue weighted by Crippen LogP contribution is -2.13. The molecule has 0 bridgehead atoms. The summed E-state index contributed by atoms with van der Waals surface area (Å²) in [6, 6.07) is 10.1. The van der Waals surface area contributed by atoms with Crippen LogP contribution in [0.1, 0.15) is 11.1 Å². The Bertz CT molecular complexity index is 552. The van der Waals surface area contributed by atoms with Crippen molar-refractivity contribution in [3.8, 4) is 0 Å². The topological polar surface area (TPSA) is 0 Å². The molecular formula is C13H11BS4. The van der Waals surface area contributed by atoms with Crippen LogP contribution in [0, 0.1) is 0 Å². The Morgan fingerprint density at radius 3 is 2.00 bits per heavy atom. The van der Waals surface area contributed by atoms with Crippen LogP contribution < -0.4 is 5.46 Å². The molecule has 2 rings (SSSR count). The van der Waals surface area contributed by atoms with Crippen LogP contribution in [0.15, 0.2) is 49.9 Å². The van der Waals surface area contributed by atoms with Gasteiger partial charge in [-0.3, -0.25) is 0 Å². The molecule has 0 aliphatic rings. The zero-order chi connectivity index (χ0) is 13.3. The summed E-state index contributed by atoms with van der Waals surface area (Å²) in [7, 11) is 5.97.